The van der Waals surface area contributed by atoms with Crippen LogP contribution in [0.15, 0.2) is 0 Å². The molecule has 1 N–H and O–H groups in total. The molecule has 1 saturated heterocycles. The average Bonchev–Trinajstić information content (AvgIpc) is 2.38. The van der Waals surface area contributed by atoms with Crippen molar-refractivity contribution in [3.8, 4) is 0 Å². The summed E-state index contributed by atoms with van der Waals surface area (Å²) in [5.41, 5.74) is 0. The second kappa shape index (κ2) is 8.44. The predicted molar refractivity (Wildman–Crippen MR) is 63.9 cm³/mol. The number of nitrogens with one attached hydrogen (secondary N) is 1. The topological polar surface area (TPSA) is 56.8 Å². The molecule has 2 unspecified atom stereocenters. The Kier molecular flexibility index (Phi) is 7.16. The van der Waals surface area contributed by atoms with Gasteiger partial charge in [0.05, 0.1) is 26.4 Å². The van der Waals surface area contributed by atoms with Crippen molar-refractivity contribution >= 4 is 5.97 Å². The molecule has 1 fully saturated rings. The number of methoxy groups -OCH3 is 1. The highest BCUT2D eigenvalue weighted by Crippen LogP contribution is 2.12. The van der Waals surface area contributed by atoms with Gasteiger partial charge in [-0.3, -0.25) is 4.79 Å². The molecule has 100 valence electrons. The third kappa shape index (κ3) is 5.48. The SMILES string of the molecule is CCNC(COCC1CCCCO1)C(=O)OC. The zero-order valence-corrected chi connectivity index (χ0v) is 10.7. The minimum atomic E-state index is -0.381. The molecule has 0 spiro atoms. The first-order valence-electron chi connectivity index (χ1n) is 6.28. The van der Waals surface area contributed by atoms with Gasteiger partial charge in [0, 0.05) is 6.61 Å². The average molecular weight is 245 g/mol. The minimum absolute atomic E-state index is 0.184. The molecule has 1 rings (SSSR count). The fraction of sp³-hybridized carbons (Fsp3) is 0.917. The first kappa shape index (κ1) is 14.4. The summed E-state index contributed by atoms with van der Waals surface area (Å²) < 4.78 is 15.8. The number of carbonyl (C=O) groups is 1. The molecule has 0 bridgehead atoms. The highest BCUT2D eigenvalue weighted by atomic mass is 16.5. The second-order valence-electron chi connectivity index (χ2n) is 4.16. The van der Waals surface area contributed by atoms with Crippen LogP contribution in [0.5, 0.6) is 0 Å². The van der Waals surface area contributed by atoms with Gasteiger partial charge >= 0.3 is 5.97 Å². The Labute approximate surface area is 103 Å². The Balaban J connectivity index is 2.18. The zero-order chi connectivity index (χ0) is 12.5. The van der Waals surface area contributed by atoms with Crippen molar-refractivity contribution in [1.82, 2.24) is 5.32 Å². The van der Waals surface area contributed by atoms with E-state index in [-0.39, 0.29) is 18.1 Å². The number of likely N-dealkylation sites (N-methyl/N-ethyl adjacent to an activating group) is 1. The maximum absolute atomic E-state index is 11.4. The van der Waals surface area contributed by atoms with Crippen LogP contribution in [0, 0.1) is 0 Å². The third-order valence-corrected chi connectivity index (χ3v) is 2.80. The molecule has 0 aromatic rings. The van der Waals surface area contributed by atoms with Crippen molar-refractivity contribution < 1.29 is 19.0 Å². The second-order valence-corrected chi connectivity index (χ2v) is 4.16. The van der Waals surface area contributed by atoms with E-state index in [4.69, 9.17) is 14.2 Å². The van der Waals surface area contributed by atoms with Crippen LogP contribution in [-0.4, -0.2) is 51.6 Å². The molecule has 0 aromatic carbocycles. The Bertz CT molecular complexity index is 217. The van der Waals surface area contributed by atoms with Crippen LogP contribution in [0.2, 0.25) is 0 Å². The first-order chi connectivity index (χ1) is 8.27. The molecular formula is C12H23NO4. The third-order valence-electron chi connectivity index (χ3n) is 2.80. The smallest absolute Gasteiger partial charge is 0.325 e. The Morgan fingerprint density at radius 3 is 2.94 bits per heavy atom. The lowest BCUT2D eigenvalue weighted by molar-refractivity contribution is -0.145. The van der Waals surface area contributed by atoms with Crippen molar-refractivity contribution in [2.45, 2.75) is 38.3 Å². The molecule has 1 aliphatic rings. The van der Waals surface area contributed by atoms with E-state index < -0.39 is 0 Å². The van der Waals surface area contributed by atoms with Gasteiger partial charge in [-0.1, -0.05) is 6.92 Å². The Hall–Kier alpha value is -0.650. The summed E-state index contributed by atoms with van der Waals surface area (Å²) in [4.78, 5) is 11.4. The molecule has 5 heteroatoms. The molecule has 17 heavy (non-hydrogen) atoms. The molecule has 0 aromatic heterocycles. The van der Waals surface area contributed by atoms with E-state index in [0.717, 1.165) is 19.4 Å². The van der Waals surface area contributed by atoms with Crippen molar-refractivity contribution in [3.63, 3.8) is 0 Å². The van der Waals surface area contributed by atoms with E-state index in [2.05, 4.69) is 5.32 Å². The van der Waals surface area contributed by atoms with Gasteiger partial charge in [-0.2, -0.15) is 0 Å². The maximum atomic E-state index is 11.4. The Morgan fingerprint density at radius 1 is 1.53 bits per heavy atom. The van der Waals surface area contributed by atoms with E-state index >= 15 is 0 Å². The van der Waals surface area contributed by atoms with Crippen LogP contribution < -0.4 is 5.32 Å². The number of carbonyl (C=O) groups excluding carboxylic acids is 1. The molecule has 1 aliphatic heterocycles. The van der Waals surface area contributed by atoms with Crippen molar-refractivity contribution in [1.29, 1.82) is 0 Å². The summed E-state index contributed by atoms with van der Waals surface area (Å²) in [5.74, 6) is -0.281. The van der Waals surface area contributed by atoms with Gasteiger partial charge in [-0.25, -0.2) is 0 Å². The summed E-state index contributed by atoms with van der Waals surface area (Å²) in [5, 5.41) is 3.03. The zero-order valence-electron chi connectivity index (χ0n) is 10.7. The fourth-order valence-electron chi connectivity index (χ4n) is 1.86. The quantitative estimate of drug-likeness (QED) is 0.670. The number of hydrogen-bond acceptors (Lipinski definition) is 5. The van der Waals surface area contributed by atoms with Gasteiger partial charge in [0.1, 0.15) is 6.04 Å². The van der Waals surface area contributed by atoms with Gasteiger partial charge in [0.2, 0.25) is 0 Å². The molecule has 1 heterocycles. The van der Waals surface area contributed by atoms with E-state index in [1.165, 1.54) is 13.5 Å². The Morgan fingerprint density at radius 2 is 2.35 bits per heavy atom. The highest BCUT2D eigenvalue weighted by Gasteiger charge is 2.19. The van der Waals surface area contributed by atoms with Crippen molar-refractivity contribution in [3.05, 3.63) is 0 Å². The lowest BCUT2D eigenvalue weighted by Gasteiger charge is -2.23. The van der Waals surface area contributed by atoms with Crippen molar-refractivity contribution in [2.75, 3.05) is 33.5 Å². The molecule has 0 saturated carbocycles. The normalized spacial score (nSPS) is 22.1. The van der Waals surface area contributed by atoms with Gasteiger partial charge < -0.3 is 19.5 Å². The van der Waals surface area contributed by atoms with Gasteiger partial charge in [-0.05, 0) is 25.8 Å². The molecule has 0 amide bonds. The van der Waals surface area contributed by atoms with E-state index in [1.807, 2.05) is 6.92 Å². The van der Waals surface area contributed by atoms with Gasteiger partial charge in [0.25, 0.3) is 0 Å². The molecular weight excluding hydrogens is 222 g/mol. The summed E-state index contributed by atoms with van der Waals surface area (Å²) in [6.07, 6.45) is 3.56. The van der Waals surface area contributed by atoms with E-state index in [1.54, 1.807) is 0 Å². The lowest BCUT2D eigenvalue weighted by atomic mass is 10.1. The first-order valence-corrected chi connectivity index (χ1v) is 6.28. The van der Waals surface area contributed by atoms with Crippen LogP contribution in [0.4, 0.5) is 0 Å². The molecule has 0 aliphatic carbocycles. The standard InChI is InChI=1S/C12H23NO4/c1-3-13-11(12(14)15-2)9-16-8-10-6-4-5-7-17-10/h10-11,13H,3-9H2,1-2H3. The molecule has 5 nitrogen and oxygen atoms in total. The number of hydrogen-bond donors (Lipinski definition) is 1. The molecule has 2 atom stereocenters. The predicted octanol–water partition coefficient (Wildman–Crippen LogP) is 0.723. The lowest BCUT2D eigenvalue weighted by Crippen LogP contribution is -2.42. The van der Waals surface area contributed by atoms with E-state index in [0.29, 0.717) is 19.8 Å². The maximum Gasteiger partial charge on any atom is 0.325 e. The monoisotopic (exact) mass is 245 g/mol. The number of rotatable bonds is 7. The summed E-state index contributed by atoms with van der Waals surface area (Å²) >= 11 is 0. The fourth-order valence-corrected chi connectivity index (χ4v) is 1.86. The van der Waals surface area contributed by atoms with E-state index in [9.17, 15) is 4.79 Å². The summed E-state index contributed by atoms with van der Waals surface area (Å²) in [6.45, 7) is 4.37. The summed E-state index contributed by atoms with van der Waals surface area (Å²) in [7, 11) is 1.39. The summed E-state index contributed by atoms with van der Waals surface area (Å²) in [6, 6.07) is -0.381. The highest BCUT2D eigenvalue weighted by molar-refractivity contribution is 5.75. The van der Waals surface area contributed by atoms with Gasteiger partial charge in [-0.15, -0.1) is 0 Å². The van der Waals surface area contributed by atoms with Crippen LogP contribution in [0.3, 0.4) is 0 Å². The van der Waals surface area contributed by atoms with Gasteiger partial charge in [0.15, 0.2) is 0 Å². The molecule has 0 radical (unpaired) electrons. The van der Waals surface area contributed by atoms with Crippen LogP contribution >= 0.6 is 0 Å². The number of ether oxygens (including phenoxy) is 3. The van der Waals surface area contributed by atoms with Crippen LogP contribution in [0.25, 0.3) is 0 Å². The van der Waals surface area contributed by atoms with Crippen LogP contribution in [-0.2, 0) is 19.0 Å². The van der Waals surface area contributed by atoms with Crippen LogP contribution in [0.1, 0.15) is 26.2 Å². The largest absolute Gasteiger partial charge is 0.468 e. The number of esters is 1. The van der Waals surface area contributed by atoms with Crippen molar-refractivity contribution in [2.24, 2.45) is 0 Å². The minimum Gasteiger partial charge on any atom is -0.468 e.